The van der Waals surface area contributed by atoms with Crippen LogP contribution < -0.4 is 0 Å². The van der Waals surface area contributed by atoms with Crippen LogP contribution in [-0.2, 0) is 4.74 Å². The van der Waals surface area contributed by atoms with Crippen LogP contribution in [0.3, 0.4) is 0 Å². The Balaban J connectivity index is 2.14. The average molecular weight is 183 g/mol. The van der Waals surface area contributed by atoms with Gasteiger partial charge in [0.1, 0.15) is 0 Å². The lowest BCUT2D eigenvalue weighted by Crippen LogP contribution is -2.57. The van der Waals surface area contributed by atoms with Crippen molar-refractivity contribution in [3.8, 4) is 0 Å². The molecule has 2 nitrogen and oxygen atoms in total. The molecule has 2 rings (SSSR count). The third kappa shape index (κ3) is 1.23. The summed E-state index contributed by atoms with van der Waals surface area (Å²) in [6, 6.07) is 0. The van der Waals surface area contributed by atoms with E-state index in [4.69, 9.17) is 4.74 Å². The predicted octanol–water partition coefficient (Wildman–Crippen LogP) is 1.75. The van der Waals surface area contributed by atoms with Crippen molar-refractivity contribution >= 4 is 0 Å². The summed E-state index contributed by atoms with van der Waals surface area (Å²) in [5, 5.41) is 0. The van der Waals surface area contributed by atoms with E-state index in [9.17, 15) is 0 Å². The van der Waals surface area contributed by atoms with Gasteiger partial charge in [0.05, 0.1) is 18.8 Å². The van der Waals surface area contributed by atoms with Gasteiger partial charge in [-0.15, -0.1) is 0 Å². The zero-order valence-corrected chi connectivity index (χ0v) is 9.26. The first-order valence-electron chi connectivity index (χ1n) is 5.28. The lowest BCUT2D eigenvalue weighted by molar-refractivity contribution is -0.116. The van der Waals surface area contributed by atoms with Crippen LogP contribution >= 0.6 is 0 Å². The molecule has 2 heterocycles. The largest absolute Gasteiger partial charge is 0.377 e. The van der Waals surface area contributed by atoms with Crippen molar-refractivity contribution in [2.45, 2.75) is 32.7 Å². The molecule has 1 spiro atoms. The van der Waals surface area contributed by atoms with Crippen LogP contribution in [0.2, 0.25) is 0 Å². The summed E-state index contributed by atoms with van der Waals surface area (Å²) < 4.78 is 5.36. The predicted molar refractivity (Wildman–Crippen MR) is 53.7 cm³/mol. The van der Waals surface area contributed by atoms with Crippen LogP contribution in [0.1, 0.15) is 27.2 Å². The van der Waals surface area contributed by atoms with Gasteiger partial charge in [0.15, 0.2) is 0 Å². The molecule has 1 atom stereocenters. The zero-order chi connectivity index (χ0) is 9.69. The summed E-state index contributed by atoms with van der Waals surface area (Å²) in [4.78, 5) is 2.51. The minimum absolute atomic E-state index is 0.402. The Morgan fingerprint density at radius 2 is 1.92 bits per heavy atom. The number of rotatable bonds is 1. The quantitative estimate of drug-likeness (QED) is 0.614. The summed E-state index contributed by atoms with van der Waals surface area (Å²) in [6.07, 6.45) is 1.31. The number of hydrogen-bond donors (Lipinski definition) is 0. The maximum absolute atomic E-state index is 5.36. The molecular weight excluding hydrogens is 162 g/mol. The Kier molecular flexibility index (Phi) is 1.97. The molecule has 0 bridgehead atoms. The van der Waals surface area contributed by atoms with E-state index in [0.29, 0.717) is 11.0 Å². The van der Waals surface area contributed by atoms with Gasteiger partial charge in [-0.2, -0.15) is 0 Å². The standard InChI is InChI=1S/C11H21NO/c1-9(2)10(3)5-11(7-13-8-11)12(4)6-10/h9H,5-8H2,1-4H3. The fraction of sp³-hybridized carbons (Fsp3) is 1.00. The first kappa shape index (κ1) is 9.47. The molecule has 13 heavy (non-hydrogen) atoms. The van der Waals surface area contributed by atoms with Gasteiger partial charge in [0.25, 0.3) is 0 Å². The fourth-order valence-electron chi connectivity index (χ4n) is 2.70. The van der Waals surface area contributed by atoms with Gasteiger partial charge in [-0.3, -0.25) is 4.90 Å². The maximum Gasteiger partial charge on any atom is 0.0682 e. The van der Waals surface area contributed by atoms with Crippen molar-refractivity contribution in [1.82, 2.24) is 4.90 Å². The van der Waals surface area contributed by atoms with Gasteiger partial charge in [0, 0.05) is 6.54 Å². The van der Waals surface area contributed by atoms with E-state index in [1.165, 1.54) is 13.0 Å². The van der Waals surface area contributed by atoms with Crippen molar-refractivity contribution < 1.29 is 4.74 Å². The first-order valence-corrected chi connectivity index (χ1v) is 5.28. The van der Waals surface area contributed by atoms with Crippen LogP contribution in [0, 0.1) is 11.3 Å². The molecule has 0 N–H and O–H groups in total. The van der Waals surface area contributed by atoms with E-state index in [2.05, 4.69) is 32.7 Å². The van der Waals surface area contributed by atoms with Crippen LogP contribution in [0.25, 0.3) is 0 Å². The Morgan fingerprint density at radius 1 is 1.31 bits per heavy atom. The molecule has 1 unspecified atom stereocenters. The summed E-state index contributed by atoms with van der Waals surface area (Å²) in [5.41, 5.74) is 0.900. The molecule has 2 aliphatic rings. The van der Waals surface area contributed by atoms with Crippen molar-refractivity contribution in [1.29, 1.82) is 0 Å². The lowest BCUT2D eigenvalue weighted by atomic mass is 9.74. The van der Waals surface area contributed by atoms with E-state index >= 15 is 0 Å². The topological polar surface area (TPSA) is 12.5 Å². The lowest BCUT2D eigenvalue weighted by Gasteiger charge is -2.43. The molecule has 0 aromatic carbocycles. The van der Waals surface area contributed by atoms with E-state index in [1.807, 2.05) is 0 Å². The van der Waals surface area contributed by atoms with Gasteiger partial charge < -0.3 is 4.74 Å². The molecule has 2 aliphatic heterocycles. The number of nitrogens with zero attached hydrogens (tertiary/aromatic N) is 1. The molecule has 0 aliphatic carbocycles. The summed E-state index contributed by atoms with van der Waals surface area (Å²) in [6.45, 7) is 10.2. The number of likely N-dealkylation sites (N-methyl/N-ethyl adjacent to an activating group) is 1. The zero-order valence-electron chi connectivity index (χ0n) is 9.26. The average Bonchev–Trinajstić information content (AvgIpc) is 2.22. The highest BCUT2D eigenvalue weighted by atomic mass is 16.5. The van der Waals surface area contributed by atoms with Crippen LogP contribution in [0.15, 0.2) is 0 Å². The molecule has 0 aromatic heterocycles. The molecule has 0 radical (unpaired) electrons. The summed E-state index contributed by atoms with van der Waals surface area (Å²) >= 11 is 0. The number of ether oxygens (including phenoxy) is 1. The Morgan fingerprint density at radius 3 is 2.15 bits per heavy atom. The highest BCUT2D eigenvalue weighted by Crippen LogP contribution is 2.48. The highest BCUT2D eigenvalue weighted by molar-refractivity contribution is 5.07. The van der Waals surface area contributed by atoms with Gasteiger partial charge in [-0.05, 0) is 24.8 Å². The molecular formula is C11H21NO. The third-order valence-corrected chi connectivity index (χ3v) is 4.28. The van der Waals surface area contributed by atoms with Crippen molar-refractivity contribution in [2.24, 2.45) is 11.3 Å². The fourth-order valence-corrected chi connectivity index (χ4v) is 2.70. The molecule has 0 saturated carbocycles. The van der Waals surface area contributed by atoms with Crippen LogP contribution in [0.4, 0.5) is 0 Å². The molecule has 0 amide bonds. The van der Waals surface area contributed by atoms with E-state index in [1.54, 1.807) is 0 Å². The van der Waals surface area contributed by atoms with Crippen LogP contribution in [-0.4, -0.2) is 37.2 Å². The number of hydrogen-bond acceptors (Lipinski definition) is 2. The van der Waals surface area contributed by atoms with E-state index in [-0.39, 0.29) is 0 Å². The summed E-state index contributed by atoms with van der Waals surface area (Å²) in [5.74, 6) is 0.773. The minimum Gasteiger partial charge on any atom is -0.377 e. The SMILES string of the molecule is CC(C)C1(C)CN(C)C2(COC2)C1. The summed E-state index contributed by atoms with van der Waals surface area (Å²) in [7, 11) is 2.25. The van der Waals surface area contributed by atoms with E-state index in [0.717, 1.165) is 19.1 Å². The normalized spacial score (nSPS) is 38.5. The highest BCUT2D eigenvalue weighted by Gasteiger charge is 2.54. The smallest absolute Gasteiger partial charge is 0.0682 e. The molecule has 76 valence electrons. The Labute approximate surface area is 81.3 Å². The van der Waals surface area contributed by atoms with Gasteiger partial charge >= 0.3 is 0 Å². The first-order chi connectivity index (χ1) is 5.99. The van der Waals surface area contributed by atoms with Crippen molar-refractivity contribution in [2.75, 3.05) is 26.8 Å². The molecule has 2 saturated heterocycles. The second kappa shape index (κ2) is 2.71. The van der Waals surface area contributed by atoms with E-state index < -0.39 is 0 Å². The number of likely N-dealkylation sites (tertiary alicyclic amines) is 1. The molecule has 2 fully saturated rings. The Hall–Kier alpha value is -0.0800. The maximum atomic E-state index is 5.36. The van der Waals surface area contributed by atoms with Crippen LogP contribution in [0.5, 0.6) is 0 Å². The van der Waals surface area contributed by atoms with Crippen molar-refractivity contribution in [3.05, 3.63) is 0 Å². The van der Waals surface area contributed by atoms with Crippen molar-refractivity contribution in [3.63, 3.8) is 0 Å². The Bertz CT molecular complexity index is 210. The second-order valence-corrected chi connectivity index (χ2v) is 5.56. The molecule has 2 heteroatoms. The minimum atomic E-state index is 0.402. The van der Waals surface area contributed by atoms with Gasteiger partial charge in [-0.1, -0.05) is 20.8 Å². The second-order valence-electron chi connectivity index (χ2n) is 5.56. The third-order valence-electron chi connectivity index (χ3n) is 4.28. The molecule has 0 aromatic rings. The van der Waals surface area contributed by atoms with Gasteiger partial charge in [0.2, 0.25) is 0 Å². The monoisotopic (exact) mass is 183 g/mol. The van der Waals surface area contributed by atoms with Gasteiger partial charge in [-0.25, -0.2) is 0 Å².